The van der Waals surface area contributed by atoms with Crippen LogP contribution in [0.15, 0.2) is 85.1 Å². The standard InChI is InChI=1S/C31H44N2O6/c1-4-5-6-7-8-9-10-11-12-13-14-15-16-17-18-19-20-21-22-23-29(35)33-27(31(37)39-3)26-32-28(34)24-25-30(36)38-2/h5-6,8-9,11-12,14-15,17-18,20-21,24-25,27H,4,7,10,13,16,19,22-23,26H2,1-3H3,(H,32,34)(H,33,35). The van der Waals surface area contributed by atoms with Crippen LogP contribution in [0.5, 0.6) is 0 Å². The molecule has 214 valence electrons. The van der Waals surface area contributed by atoms with E-state index in [2.05, 4.69) is 87.8 Å². The van der Waals surface area contributed by atoms with Gasteiger partial charge < -0.3 is 20.1 Å². The Morgan fingerprint density at radius 2 is 1.15 bits per heavy atom. The van der Waals surface area contributed by atoms with E-state index in [-0.39, 0.29) is 18.9 Å². The number of nitrogens with one attached hydrogen (secondary N) is 2. The number of carbonyl (C=O) groups is 4. The number of carbonyl (C=O) groups excluding carboxylic acids is 4. The van der Waals surface area contributed by atoms with E-state index in [1.54, 1.807) is 0 Å². The van der Waals surface area contributed by atoms with Gasteiger partial charge in [0.05, 0.1) is 14.2 Å². The van der Waals surface area contributed by atoms with Gasteiger partial charge in [-0.25, -0.2) is 9.59 Å². The van der Waals surface area contributed by atoms with Gasteiger partial charge in [-0.15, -0.1) is 0 Å². The molecule has 0 aliphatic heterocycles. The highest BCUT2D eigenvalue weighted by atomic mass is 16.5. The Morgan fingerprint density at radius 3 is 1.62 bits per heavy atom. The molecule has 0 saturated carbocycles. The van der Waals surface area contributed by atoms with Crippen LogP contribution >= 0.6 is 0 Å². The highest BCUT2D eigenvalue weighted by Gasteiger charge is 2.21. The molecule has 39 heavy (non-hydrogen) atoms. The Balaban J connectivity index is 4.11. The van der Waals surface area contributed by atoms with Gasteiger partial charge in [0.2, 0.25) is 11.8 Å². The number of amides is 2. The van der Waals surface area contributed by atoms with E-state index in [1.807, 2.05) is 12.2 Å². The average molecular weight is 541 g/mol. The second kappa shape index (κ2) is 25.7. The lowest BCUT2D eigenvalue weighted by Crippen LogP contribution is -2.48. The minimum Gasteiger partial charge on any atom is -0.467 e. The van der Waals surface area contributed by atoms with E-state index in [9.17, 15) is 19.2 Å². The van der Waals surface area contributed by atoms with Crippen LogP contribution in [0.25, 0.3) is 0 Å². The summed E-state index contributed by atoms with van der Waals surface area (Å²) in [5, 5.41) is 4.98. The van der Waals surface area contributed by atoms with Crippen molar-refractivity contribution in [3.8, 4) is 0 Å². The summed E-state index contributed by atoms with van der Waals surface area (Å²) >= 11 is 0. The molecule has 0 radical (unpaired) electrons. The molecule has 0 aliphatic rings. The first-order chi connectivity index (χ1) is 18.9. The van der Waals surface area contributed by atoms with Crippen LogP contribution in [0, 0.1) is 0 Å². The van der Waals surface area contributed by atoms with Gasteiger partial charge in [-0.2, -0.15) is 0 Å². The summed E-state index contributed by atoms with van der Waals surface area (Å²) in [5.74, 6) is -2.32. The fraction of sp³-hybridized carbons (Fsp3) is 0.419. The normalized spacial score (nSPS) is 13.0. The van der Waals surface area contributed by atoms with Crippen LogP contribution in [0.1, 0.15) is 58.3 Å². The zero-order valence-corrected chi connectivity index (χ0v) is 23.5. The zero-order valence-electron chi connectivity index (χ0n) is 23.5. The van der Waals surface area contributed by atoms with Crippen molar-refractivity contribution in [2.45, 2.75) is 64.3 Å². The molecule has 1 unspecified atom stereocenters. The molecule has 0 bridgehead atoms. The van der Waals surface area contributed by atoms with Gasteiger partial charge >= 0.3 is 11.9 Å². The maximum Gasteiger partial charge on any atom is 0.330 e. The number of esters is 2. The van der Waals surface area contributed by atoms with Crippen molar-refractivity contribution in [2.24, 2.45) is 0 Å². The first-order valence-electron chi connectivity index (χ1n) is 13.3. The quantitative estimate of drug-likeness (QED) is 0.128. The monoisotopic (exact) mass is 540 g/mol. The number of allylic oxidation sites excluding steroid dienone is 12. The number of hydrogen-bond acceptors (Lipinski definition) is 6. The van der Waals surface area contributed by atoms with Crippen LogP contribution in [-0.2, 0) is 28.7 Å². The lowest BCUT2D eigenvalue weighted by molar-refractivity contribution is -0.145. The SMILES string of the molecule is CCC=CCC=CCC=CCC=CCC=CCC=CCCC(=O)NC(CNC(=O)C=CC(=O)OC)C(=O)OC. The molecular formula is C31H44N2O6. The summed E-state index contributed by atoms with van der Waals surface area (Å²) in [6.07, 6.45) is 33.6. The lowest BCUT2D eigenvalue weighted by Gasteiger charge is -2.16. The third-order valence-corrected chi connectivity index (χ3v) is 5.01. The summed E-state index contributed by atoms with van der Waals surface area (Å²) in [6.45, 7) is 1.96. The molecule has 0 aromatic rings. The Hall–Kier alpha value is -3.94. The second-order valence-corrected chi connectivity index (χ2v) is 8.20. The molecule has 0 aromatic heterocycles. The van der Waals surface area contributed by atoms with E-state index in [4.69, 9.17) is 0 Å². The summed E-state index contributed by atoms with van der Waals surface area (Å²) in [7, 11) is 2.38. The zero-order chi connectivity index (χ0) is 29.0. The molecule has 0 aliphatic carbocycles. The fourth-order valence-electron chi connectivity index (χ4n) is 2.93. The molecule has 2 N–H and O–H groups in total. The van der Waals surface area contributed by atoms with Gasteiger partial charge in [0.1, 0.15) is 6.04 Å². The smallest absolute Gasteiger partial charge is 0.330 e. The van der Waals surface area contributed by atoms with Crippen LogP contribution in [0.2, 0.25) is 0 Å². The molecular weight excluding hydrogens is 496 g/mol. The average Bonchev–Trinajstić information content (AvgIpc) is 2.94. The van der Waals surface area contributed by atoms with Crippen molar-refractivity contribution >= 4 is 23.8 Å². The Labute approximate surface area is 233 Å². The molecule has 0 saturated heterocycles. The van der Waals surface area contributed by atoms with Crippen molar-refractivity contribution in [1.82, 2.24) is 10.6 Å². The van der Waals surface area contributed by atoms with Gasteiger partial charge in [-0.1, -0.05) is 79.8 Å². The van der Waals surface area contributed by atoms with Crippen LogP contribution in [0.3, 0.4) is 0 Å². The fourth-order valence-corrected chi connectivity index (χ4v) is 2.93. The summed E-state index contributed by atoms with van der Waals surface area (Å²) in [6, 6.07) is -1.04. The highest BCUT2D eigenvalue weighted by Crippen LogP contribution is 1.99. The van der Waals surface area contributed by atoms with E-state index in [1.165, 1.54) is 14.2 Å². The molecule has 1 atom stereocenters. The molecule has 0 spiro atoms. The number of hydrogen-bond donors (Lipinski definition) is 2. The maximum absolute atomic E-state index is 12.2. The van der Waals surface area contributed by atoms with E-state index < -0.39 is 23.9 Å². The first kappa shape index (κ1) is 35.1. The minimum absolute atomic E-state index is 0.178. The number of rotatable bonds is 20. The molecule has 0 rings (SSSR count). The topological polar surface area (TPSA) is 111 Å². The Bertz CT molecular complexity index is 925. The van der Waals surface area contributed by atoms with Gasteiger partial charge in [0, 0.05) is 25.1 Å². The van der Waals surface area contributed by atoms with Crippen molar-refractivity contribution in [3.05, 3.63) is 85.1 Å². The number of ether oxygens (including phenoxy) is 2. The molecule has 0 fully saturated rings. The number of methoxy groups -OCH3 is 2. The van der Waals surface area contributed by atoms with Gasteiger partial charge in [-0.05, 0) is 44.9 Å². The van der Waals surface area contributed by atoms with Crippen LogP contribution < -0.4 is 10.6 Å². The molecule has 8 heteroatoms. The predicted molar refractivity (Wildman–Crippen MR) is 156 cm³/mol. The first-order valence-corrected chi connectivity index (χ1v) is 13.3. The van der Waals surface area contributed by atoms with E-state index in [0.717, 1.165) is 50.7 Å². The van der Waals surface area contributed by atoms with Gasteiger partial charge in [0.15, 0.2) is 0 Å². The largest absolute Gasteiger partial charge is 0.467 e. The van der Waals surface area contributed by atoms with E-state index in [0.29, 0.717) is 6.42 Å². The summed E-state index contributed by atoms with van der Waals surface area (Å²) in [4.78, 5) is 46.8. The Kier molecular flexibility index (Phi) is 23.1. The van der Waals surface area contributed by atoms with Crippen molar-refractivity contribution in [3.63, 3.8) is 0 Å². The predicted octanol–water partition coefficient (Wildman–Crippen LogP) is 4.97. The molecule has 8 nitrogen and oxygen atoms in total. The van der Waals surface area contributed by atoms with Crippen molar-refractivity contribution in [1.29, 1.82) is 0 Å². The third-order valence-electron chi connectivity index (χ3n) is 5.01. The van der Waals surface area contributed by atoms with Gasteiger partial charge in [-0.3, -0.25) is 9.59 Å². The van der Waals surface area contributed by atoms with Crippen molar-refractivity contribution in [2.75, 3.05) is 20.8 Å². The lowest BCUT2D eigenvalue weighted by atomic mass is 10.2. The molecule has 0 aromatic carbocycles. The Morgan fingerprint density at radius 1 is 0.667 bits per heavy atom. The molecule has 0 heterocycles. The summed E-state index contributed by atoms with van der Waals surface area (Å²) in [5.41, 5.74) is 0. The third kappa shape index (κ3) is 22.9. The van der Waals surface area contributed by atoms with E-state index >= 15 is 0 Å². The van der Waals surface area contributed by atoms with Crippen molar-refractivity contribution < 1.29 is 28.7 Å². The second-order valence-electron chi connectivity index (χ2n) is 8.20. The maximum atomic E-state index is 12.2. The summed E-state index contributed by atoms with van der Waals surface area (Å²) < 4.78 is 9.07. The molecule has 2 amide bonds. The van der Waals surface area contributed by atoms with Crippen LogP contribution in [-0.4, -0.2) is 50.6 Å². The van der Waals surface area contributed by atoms with Gasteiger partial charge in [0.25, 0.3) is 0 Å². The minimum atomic E-state index is -1.04. The van der Waals surface area contributed by atoms with Crippen LogP contribution in [0.4, 0.5) is 0 Å². The highest BCUT2D eigenvalue weighted by molar-refractivity contribution is 5.95.